The number of halogens is 1. The van der Waals surface area contributed by atoms with E-state index in [1.807, 2.05) is 6.92 Å². The number of carbonyl (C=O) groups excluding carboxylic acids is 1. The number of carbonyl (C=O) groups is 1. The van der Waals surface area contributed by atoms with Gasteiger partial charge in [-0.15, -0.1) is 0 Å². The van der Waals surface area contributed by atoms with Crippen LogP contribution in [0.15, 0.2) is 45.6 Å². The van der Waals surface area contributed by atoms with E-state index in [4.69, 9.17) is 30.2 Å². The van der Waals surface area contributed by atoms with Gasteiger partial charge in [-0.25, -0.2) is 9.59 Å². The minimum absolute atomic E-state index is 0.124. The number of hydrogen-bond acceptors (Lipinski definition) is 6. The van der Waals surface area contributed by atoms with Gasteiger partial charge in [0.25, 0.3) is 0 Å². The molecule has 27 heavy (non-hydrogen) atoms. The number of aryl methyl sites for hydroxylation is 1. The van der Waals surface area contributed by atoms with Gasteiger partial charge in [0.1, 0.15) is 17.8 Å². The molecule has 0 bridgehead atoms. The molecule has 0 spiro atoms. The first-order valence-electron chi connectivity index (χ1n) is 8.05. The lowest BCUT2D eigenvalue weighted by atomic mass is 10.1. The number of fused-ring (bicyclic) bond motifs is 1. The van der Waals surface area contributed by atoms with Crippen molar-refractivity contribution in [3.63, 3.8) is 0 Å². The maximum atomic E-state index is 12.5. The Morgan fingerprint density at radius 2 is 1.93 bits per heavy atom. The molecule has 7 heteroatoms. The van der Waals surface area contributed by atoms with Crippen LogP contribution in [-0.4, -0.2) is 20.2 Å². The van der Waals surface area contributed by atoms with Crippen molar-refractivity contribution in [2.75, 3.05) is 14.2 Å². The number of methoxy groups -OCH3 is 2. The van der Waals surface area contributed by atoms with Gasteiger partial charge in [0.05, 0.1) is 14.2 Å². The summed E-state index contributed by atoms with van der Waals surface area (Å²) in [6.07, 6.45) is 0. The number of benzene rings is 2. The number of ether oxygens (including phenoxy) is 3. The van der Waals surface area contributed by atoms with Crippen LogP contribution in [0.3, 0.4) is 0 Å². The minimum atomic E-state index is -0.606. The predicted octanol–water partition coefficient (Wildman–Crippen LogP) is 4.13. The maximum absolute atomic E-state index is 12.5. The van der Waals surface area contributed by atoms with Crippen molar-refractivity contribution >= 4 is 28.5 Å². The molecule has 6 nitrogen and oxygen atoms in total. The third-order valence-electron chi connectivity index (χ3n) is 4.09. The number of para-hydroxylation sites is 1. The highest BCUT2D eigenvalue weighted by molar-refractivity contribution is 6.32. The lowest BCUT2D eigenvalue weighted by Gasteiger charge is -2.12. The van der Waals surface area contributed by atoms with E-state index >= 15 is 0 Å². The summed E-state index contributed by atoms with van der Waals surface area (Å²) in [5.74, 6) is 0.0893. The van der Waals surface area contributed by atoms with E-state index < -0.39 is 11.6 Å². The Bertz CT molecular complexity index is 1070. The first-order chi connectivity index (χ1) is 12.9. The molecule has 0 amide bonds. The fourth-order valence-corrected chi connectivity index (χ4v) is 2.90. The summed E-state index contributed by atoms with van der Waals surface area (Å²) < 4.78 is 21.0. The third kappa shape index (κ3) is 3.75. The highest BCUT2D eigenvalue weighted by Gasteiger charge is 2.18. The quantitative estimate of drug-likeness (QED) is 0.483. The molecule has 0 fully saturated rings. The number of hydrogen-bond donors (Lipinski definition) is 0. The van der Waals surface area contributed by atoms with Gasteiger partial charge in [-0.1, -0.05) is 17.7 Å². The van der Waals surface area contributed by atoms with E-state index in [1.54, 1.807) is 30.3 Å². The number of rotatable bonds is 5. The summed E-state index contributed by atoms with van der Waals surface area (Å²) in [6, 6.07) is 9.55. The number of esters is 1. The van der Waals surface area contributed by atoms with Gasteiger partial charge in [-0.2, -0.15) is 0 Å². The SMILES string of the molecule is COc1cccc(C(=O)OCc2cc(=O)oc3cc(C)c(Cl)cc23)c1OC. The average molecular weight is 389 g/mol. The zero-order chi connectivity index (χ0) is 19.6. The van der Waals surface area contributed by atoms with Crippen LogP contribution in [0.25, 0.3) is 11.0 Å². The van der Waals surface area contributed by atoms with Crippen molar-refractivity contribution in [3.05, 3.63) is 68.5 Å². The molecule has 3 aromatic rings. The van der Waals surface area contributed by atoms with Crippen LogP contribution in [0, 0.1) is 6.92 Å². The zero-order valence-corrected chi connectivity index (χ0v) is 15.8. The van der Waals surface area contributed by atoms with Crippen LogP contribution in [0.4, 0.5) is 0 Å². The zero-order valence-electron chi connectivity index (χ0n) is 15.0. The van der Waals surface area contributed by atoms with E-state index in [0.29, 0.717) is 27.3 Å². The summed E-state index contributed by atoms with van der Waals surface area (Å²) in [5.41, 5.74) is 1.35. The molecule has 140 valence electrons. The van der Waals surface area contributed by atoms with Gasteiger partial charge in [-0.05, 0) is 36.8 Å². The monoisotopic (exact) mass is 388 g/mol. The molecule has 0 unspecified atom stereocenters. The summed E-state index contributed by atoms with van der Waals surface area (Å²) in [4.78, 5) is 24.3. The van der Waals surface area contributed by atoms with E-state index in [9.17, 15) is 9.59 Å². The Morgan fingerprint density at radius 1 is 1.15 bits per heavy atom. The van der Waals surface area contributed by atoms with Crippen LogP contribution < -0.4 is 15.1 Å². The van der Waals surface area contributed by atoms with E-state index in [2.05, 4.69) is 0 Å². The second-order valence-corrected chi connectivity index (χ2v) is 6.21. The lowest BCUT2D eigenvalue weighted by Crippen LogP contribution is -2.09. The molecule has 0 atom stereocenters. The molecule has 0 saturated carbocycles. The van der Waals surface area contributed by atoms with Crippen molar-refractivity contribution in [2.24, 2.45) is 0 Å². The third-order valence-corrected chi connectivity index (χ3v) is 4.50. The Kier molecular flexibility index (Phi) is 5.37. The van der Waals surface area contributed by atoms with Crippen molar-refractivity contribution in [1.29, 1.82) is 0 Å². The van der Waals surface area contributed by atoms with E-state index in [0.717, 1.165) is 5.56 Å². The highest BCUT2D eigenvalue weighted by atomic mass is 35.5. The van der Waals surface area contributed by atoms with Gasteiger partial charge in [0.15, 0.2) is 11.5 Å². The molecular weight excluding hydrogens is 372 g/mol. The van der Waals surface area contributed by atoms with Gasteiger partial charge in [-0.3, -0.25) is 0 Å². The van der Waals surface area contributed by atoms with E-state index in [-0.39, 0.29) is 17.9 Å². The first kappa shape index (κ1) is 18.8. The molecule has 0 saturated heterocycles. The summed E-state index contributed by atoms with van der Waals surface area (Å²) in [7, 11) is 2.92. The summed E-state index contributed by atoms with van der Waals surface area (Å²) in [6.45, 7) is 1.68. The first-order valence-corrected chi connectivity index (χ1v) is 8.43. The molecule has 1 heterocycles. The molecule has 0 aliphatic heterocycles. The van der Waals surface area contributed by atoms with Gasteiger partial charge < -0.3 is 18.6 Å². The topological polar surface area (TPSA) is 75.0 Å². The Hall–Kier alpha value is -2.99. The van der Waals surface area contributed by atoms with Gasteiger partial charge >= 0.3 is 11.6 Å². The Morgan fingerprint density at radius 3 is 2.63 bits per heavy atom. The van der Waals surface area contributed by atoms with Crippen LogP contribution in [-0.2, 0) is 11.3 Å². The molecule has 3 rings (SSSR count). The fourth-order valence-electron chi connectivity index (χ4n) is 2.74. The Labute approximate surface area is 160 Å². The van der Waals surface area contributed by atoms with E-state index in [1.165, 1.54) is 20.3 Å². The summed E-state index contributed by atoms with van der Waals surface area (Å²) >= 11 is 6.17. The van der Waals surface area contributed by atoms with Crippen LogP contribution in [0.2, 0.25) is 5.02 Å². The standard InChI is InChI=1S/C20H17ClO6/c1-11-7-17-14(9-15(11)21)12(8-18(22)27-17)10-26-20(23)13-5-4-6-16(24-2)19(13)25-3/h4-9H,10H2,1-3H3. The largest absolute Gasteiger partial charge is 0.493 e. The highest BCUT2D eigenvalue weighted by Crippen LogP contribution is 2.31. The predicted molar refractivity (Wildman–Crippen MR) is 101 cm³/mol. The van der Waals surface area contributed by atoms with Crippen LogP contribution in [0.5, 0.6) is 11.5 Å². The lowest BCUT2D eigenvalue weighted by molar-refractivity contribution is 0.0469. The fraction of sp³-hybridized carbons (Fsp3) is 0.200. The molecule has 0 N–H and O–H groups in total. The van der Waals surface area contributed by atoms with Crippen LogP contribution in [0.1, 0.15) is 21.5 Å². The summed E-state index contributed by atoms with van der Waals surface area (Å²) in [5, 5.41) is 1.13. The Balaban J connectivity index is 1.92. The van der Waals surface area contributed by atoms with Gasteiger partial charge in [0.2, 0.25) is 0 Å². The molecule has 0 radical (unpaired) electrons. The van der Waals surface area contributed by atoms with Crippen molar-refractivity contribution < 1.29 is 23.4 Å². The van der Waals surface area contributed by atoms with Crippen molar-refractivity contribution in [2.45, 2.75) is 13.5 Å². The minimum Gasteiger partial charge on any atom is -0.493 e. The molecule has 0 aliphatic rings. The molecule has 1 aromatic heterocycles. The molecule has 0 aliphatic carbocycles. The maximum Gasteiger partial charge on any atom is 0.342 e. The van der Waals surface area contributed by atoms with Crippen molar-refractivity contribution in [1.82, 2.24) is 0 Å². The normalized spacial score (nSPS) is 10.7. The average Bonchev–Trinajstić information content (AvgIpc) is 2.66. The molecule has 2 aromatic carbocycles. The smallest absolute Gasteiger partial charge is 0.342 e. The molecular formula is C20H17ClO6. The van der Waals surface area contributed by atoms with Gasteiger partial charge in [0, 0.05) is 22.0 Å². The van der Waals surface area contributed by atoms with Crippen LogP contribution >= 0.6 is 11.6 Å². The second-order valence-electron chi connectivity index (χ2n) is 5.81. The second kappa shape index (κ2) is 7.72. The van der Waals surface area contributed by atoms with Crippen molar-refractivity contribution in [3.8, 4) is 11.5 Å².